The Labute approximate surface area is 200 Å². The van der Waals surface area contributed by atoms with E-state index in [1.807, 2.05) is 40.8 Å². The fraction of sp³-hybridized carbons (Fsp3) is 0.370. The number of carbonyl (C=O) groups is 1. The van der Waals surface area contributed by atoms with Crippen LogP contribution in [0.15, 0.2) is 66.9 Å². The number of hydrogen-bond donors (Lipinski definition) is 0. The lowest BCUT2D eigenvalue weighted by molar-refractivity contribution is 0.0737. The van der Waals surface area contributed by atoms with Crippen molar-refractivity contribution in [3.05, 3.63) is 83.9 Å². The van der Waals surface area contributed by atoms with Crippen LogP contribution in [0.25, 0.3) is 0 Å². The summed E-state index contributed by atoms with van der Waals surface area (Å²) in [5.74, 6) is -0.0578. The number of aryl methyl sites for hydroxylation is 1. The summed E-state index contributed by atoms with van der Waals surface area (Å²) in [6.45, 7) is 7.28. The second-order valence-electron chi connectivity index (χ2n) is 9.17. The topological polar surface area (TPSA) is 35.0 Å². The van der Waals surface area contributed by atoms with E-state index in [1.165, 1.54) is 11.8 Å². The zero-order chi connectivity index (χ0) is 23.5. The maximum absolute atomic E-state index is 14.1. The molecule has 2 aromatic carbocycles. The van der Waals surface area contributed by atoms with Crippen LogP contribution in [-0.2, 0) is 13.6 Å². The van der Waals surface area contributed by atoms with Gasteiger partial charge in [-0.2, -0.15) is 0 Å². The van der Waals surface area contributed by atoms with Gasteiger partial charge in [-0.15, -0.1) is 0 Å². The maximum Gasteiger partial charge on any atom is 0.270 e. The Balaban J connectivity index is 1.16. The summed E-state index contributed by atoms with van der Waals surface area (Å²) >= 11 is 0. The Morgan fingerprint density at radius 3 is 2.18 bits per heavy atom. The number of aromatic nitrogens is 1. The molecule has 0 N–H and O–H groups in total. The lowest BCUT2D eigenvalue weighted by Crippen LogP contribution is -2.49. The van der Waals surface area contributed by atoms with Crippen molar-refractivity contribution in [2.24, 2.45) is 7.05 Å². The molecule has 3 heterocycles. The predicted octanol–water partition coefficient (Wildman–Crippen LogP) is 3.45. The van der Waals surface area contributed by atoms with E-state index in [1.54, 1.807) is 6.07 Å². The van der Waals surface area contributed by atoms with Gasteiger partial charge < -0.3 is 19.3 Å². The molecule has 6 nitrogen and oxygen atoms in total. The van der Waals surface area contributed by atoms with Crippen LogP contribution in [-0.4, -0.2) is 72.6 Å². The van der Waals surface area contributed by atoms with Gasteiger partial charge in [-0.1, -0.05) is 30.3 Å². The van der Waals surface area contributed by atoms with Crippen molar-refractivity contribution < 1.29 is 9.18 Å². The van der Waals surface area contributed by atoms with Crippen molar-refractivity contribution in [2.45, 2.75) is 6.54 Å². The largest absolute Gasteiger partial charge is 0.368 e. The molecule has 0 saturated carbocycles. The fourth-order valence-corrected chi connectivity index (χ4v) is 5.01. The Hall–Kier alpha value is -3.32. The third kappa shape index (κ3) is 4.80. The van der Waals surface area contributed by atoms with Gasteiger partial charge in [0.15, 0.2) is 0 Å². The third-order valence-electron chi connectivity index (χ3n) is 6.94. The Kier molecular flexibility index (Phi) is 6.54. The van der Waals surface area contributed by atoms with E-state index in [2.05, 4.69) is 45.2 Å². The van der Waals surface area contributed by atoms with Crippen LogP contribution in [0, 0.1) is 5.82 Å². The maximum atomic E-state index is 14.1. The molecule has 2 aliphatic rings. The van der Waals surface area contributed by atoms with Gasteiger partial charge >= 0.3 is 0 Å². The minimum absolute atomic E-state index is 0.103. The van der Waals surface area contributed by atoms with E-state index in [4.69, 9.17) is 0 Å². The summed E-state index contributed by atoms with van der Waals surface area (Å²) in [5, 5.41) is 0. The summed E-state index contributed by atoms with van der Waals surface area (Å²) in [6.07, 6.45) is 2.07. The van der Waals surface area contributed by atoms with Gasteiger partial charge in [0.05, 0.1) is 5.69 Å². The number of nitrogens with zero attached hydrogens (tertiary/aromatic N) is 5. The number of benzene rings is 2. The first-order valence-electron chi connectivity index (χ1n) is 12.0. The molecule has 0 aliphatic carbocycles. The van der Waals surface area contributed by atoms with Gasteiger partial charge in [0, 0.05) is 77.8 Å². The van der Waals surface area contributed by atoms with Crippen LogP contribution >= 0.6 is 0 Å². The molecule has 1 amide bonds. The molecule has 0 radical (unpaired) electrons. The van der Waals surface area contributed by atoms with Gasteiger partial charge in [-0.05, 0) is 35.9 Å². The fourth-order valence-electron chi connectivity index (χ4n) is 5.01. The molecule has 0 spiro atoms. The first-order chi connectivity index (χ1) is 16.6. The summed E-state index contributed by atoms with van der Waals surface area (Å²) in [6, 6.07) is 19.4. The molecular formula is C27H32FN5O. The molecule has 2 saturated heterocycles. The van der Waals surface area contributed by atoms with Gasteiger partial charge in [-0.3, -0.25) is 9.69 Å². The zero-order valence-corrected chi connectivity index (χ0v) is 19.7. The van der Waals surface area contributed by atoms with Crippen molar-refractivity contribution in [2.75, 3.05) is 62.2 Å². The standard InChI is InChI=1S/C27H32FN5O/c1-29-20-22(21-30-11-13-32(14-12-30)25-10-6-5-9-24(25)28)19-26(29)27(34)33-17-15-31(16-18-33)23-7-3-2-4-8-23/h2-10,19-20H,11-18,21H2,1H3. The van der Waals surface area contributed by atoms with Gasteiger partial charge in [0.1, 0.15) is 11.5 Å². The van der Waals surface area contributed by atoms with Gasteiger partial charge in [0.25, 0.3) is 5.91 Å². The monoisotopic (exact) mass is 461 g/mol. The average Bonchev–Trinajstić information content (AvgIpc) is 3.25. The van der Waals surface area contributed by atoms with Crippen LogP contribution in [0.5, 0.6) is 0 Å². The van der Waals surface area contributed by atoms with Crippen molar-refractivity contribution in [1.29, 1.82) is 0 Å². The molecule has 2 fully saturated rings. The van der Waals surface area contributed by atoms with E-state index in [0.29, 0.717) is 5.69 Å². The highest BCUT2D eigenvalue weighted by Crippen LogP contribution is 2.22. The van der Waals surface area contributed by atoms with Crippen LogP contribution in [0.2, 0.25) is 0 Å². The minimum atomic E-state index is -0.160. The summed E-state index contributed by atoms with van der Waals surface area (Å²) < 4.78 is 16.1. The summed E-state index contributed by atoms with van der Waals surface area (Å²) in [4.78, 5) is 22.0. The van der Waals surface area contributed by atoms with E-state index in [9.17, 15) is 9.18 Å². The number of amides is 1. The third-order valence-corrected chi connectivity index (χ3v) is 6.94. The number of piperazine rings is 2. The molecule has 0 atom stereocenters. The Morgan fingerprint density at radius 2 is 1.47 bits per heavy atom. The molecule has 5 rings (SSSR count). The molecule has 0 bridgehead atoms. The highest BCUT2D eigenvalue weighted by atomic mass is 19.1. The average molecular weight is 462 g/mol. The van der Waals surface area contributed by atoms with Crippen molar-refractivity contribution in [3.8, 4) is 0 Å². The smallest absolute Gasteiger partial charge is 0.270 e. The number of anilines is 2. The number of hydrogen-bond acceptors (Lipinski definition) is 4. The molecule has 3 aromatic rings. The highest BCUT2D eigenvalue weighted by Gasteiger charge is 2.25. The van der Waals surface area contributed by atoms with Crippen LogP contribution in [0.1, 0.15) is 16.1 Å². The van der Waals surface area contributed by atoms with Gasteiger partial charge in [-0.25, -0.2) is 4.39 Å². The molecule has 7 heteroatoms. The Morgan fingerprint density at radius 1 is 0.824 bits per heavy atom. The second kappa shape index (κ2) is 9.89. The lowest BCUT2D eigenvalue weighted by atomic mass is 10.2. The van der Waals surface area contributed by atoms with Crippen molar-refractivity contribution >= 4 is 17.3 Å². The molecule has 1 aromatic heterocycles. The first kappa shape index (κ1) is 22.5. The normalized spacial score (nSPS) is 17.3. The molecule has 178 valence electrons. The predicted molar refractivity (Wildman–Crippen MR) is 134 cm³/mol. The summed E-state index contributed by atoms with van der Waals surface area (Å²) in [5.41, 5.74) is 3.79. The minimum Gasteiger partial charge on any atom is -0.368 e. The second-order valence-corrected chi connectivity index (χ2v) is 9.17. The van der Waals surface area contributed by atoms with Crippen LogP contribution in [0.3, 0.4) is 0 Å². The first-order valence-corrected chi connectivity index (χ1v) is 12.0. The SMILES string of the molecule is Cn1cc(CN2CCN(c3ccccc3F)CC2)cc1C(=O)N1CCN(c2ccccc2)CC1. The zero-order valence-electron chi connectivity index (χ0n) is 19.7. The van der Waals surface area contributed by atoms with E-state index < -0.39 is 0 Å². The molecule has 34 heavy (non-hydrogen) atoms. The van der Waals surface area contributed by atoms with Crippen LogP contribution < -0.4 is 9.80 Å². The van der Waals surface area contributed by atoms with Gasteiger partial charge in [0.2, 0.25) is 0 Å². The van der Waals surface area contributed by atoms with E-state index in [0.717, 1.165) is 70.2 Å². The van der Waals surface area contributed by atoms with E-state index in [-0.39, 0.29) is 11.7 Å². The number of rotatable bonds is 5. The lowest BCUT2D eigenvalue weighted by Gasteiger charge is -2.36. The Bertz CT molecular complexity index is 1120. The molecular weight excluding hydrogens is 429 g/mol. The quantitative estimate of drug-likeness (QED) is 0.583. The number of para-hydroxylation sites is 2. The molecule has 2 aliphatic heterocycles. The van der Waals surface area contributed by atoms with Crippen LogP contribution in [0.4, 0.5) is 15.8 Å². The number of carbonyl (C=O) groups excluding carboxylic acids is 1. The number of halogens is 1. The van der Waals surface area contributed by atoms with Crippen molar-refractivity contribution in [1.82, 2.24) is 14.4 Å². The highest BCUT2D eigenvalue weighted by molar-refractivity contribution is 5.93. The molecule has 0 unspecified atom stereocenters. The van der Waals surface area contributed by atoms with Crippen molar-refractivity contribution in [3.63, 3.8) is 0 Å². The summed E-state index contributed by atoms with van der Waals surface area (Å²) in [7, 11) is 1.95. The van der Waals surface area contributed by atoms with E-state index >= 15 is 0 Å².